The van der Waals surface area contributed by atoms with Crippen molar-refractivity contribution in [1.29, 1.82) is 0 Å². The van der Waals surface area contributed by atoms with Crippen LogP contribution in [-0.4, -0.2) is 61.5 Å². The van der Waals surface area contributed by atoms with Crippen LogP contribution in [0.1, 0.15) is 28.8 Å². The van der Waals surface area contributed by atoms with Gasteiger partial charge >= 0.3 is 11.7 Å². The number of anilines is 2. The third kappa shape index (κ3) is 6.18. The number of nitrogens with one attached hydrogen (secondary N) is 3. The molecule has 0 atom stereocenters. The van der Waals surface area contributed by atoms with Gasteiger partial charge in [-0.2, -0.15) is 0 Å². The average molecular weight is 654 g/mol. The molecule has 8 amide bonds. The number of barbiturate groups is 1. The highest BCUT2D eigenvalue weighted by Gasteiger charge is 2.37. The Morgan fingerprint density at radius 1 is 0.938 bits per heavy atom. The summed E-state index contributed by atoms with van der Waals surface area (Å²) in [6.45, 7) is 0. The van der Waals surface area contributed by atoms with E-state index in [1.54, 1.807) is 0 Å². The predicted octanol–water partition coefficient (Wildman–Crippen LogP) is 0.154. The predicted molar refractivity (Wildman–Crippen MR) is 166 cm³/mol. The van der Waals surface area contributed by atoms with E-state index in [9.17, 15) is 48.3 Å². The Morgan fingerprint density at radius 3 is 2.31 bits per heavy atom. The summed E-state index contributed by atoms with van der Waals surface area (Å²) in [6.07, 6.45) is 4.09. The number of carbonyl (C=O) groups is 7. The van der Waals surface area contributed by atoms with Gasteiger partial charge in [-0.05, 0) is 60.7 Å². The highest BCUT2D eigenvalue weighted by molar-refractivity contribution is 6.37. The Hall–Kier alpha value is -7.17. The third-order valence-electron chi connectivity index (χ3n) is 7.09. The highest BCUT2D eigenvalue weighted by atomic mass is 16.3. The van der Waals surface area contributed by atoms with Gasteiger partial charge in [0.2, 0.25) is 30.0 Å². The van der Waals surface area contributed by atoms with Crippen molar-refractivity contribution in [2.75, 3.05) is 10.2 Å². The van der Waals surface area contributed by atoms with E-state index in [1.165, 1.54) is 42.5 Å². The molecule has 17 nitrogen and oxygen atoms in total. The van der Waals surface area contributed by atoms with Crippen LogP contribution >= 0.6 is 0 Å². The van der Waals surface area contributed by atoms with E-state index in [0.717, 1.165) is 35.3 Å². The maximum atomic E-state index is 13.4. The zero-order valence-electron chi connectivity index (χ0n) is 24.5. The lowest BCUT2D eigenvalue weighted by atomic mass is 10.1. The van der Waals surface area contributed by atoms with E-state index in [2.05, 4.69) is 10.3 Å². The lowest BCUT2D eigenvalue weighted by molar-refractivity contribution is -0.135. The standard InChI is InChI=1S/C31H23N7O10/c32-25(42)16-3-1-5-19(13-16)37-28(45)21(26(43)34-30(37)47)9-7-18(36-23(40)11-12-24(36)41)8-10-22-27(44)35-31(48)38(29(22)46)20-6-2-4-17(14-20)33-15-39/h1-10,13-15,44H,11-12H2,(H2,32,42)(H,33,39)(H,35,48)(H,34,43,47). The molecular formula is C31H23N7O10. The van der Waals surface area contributed by atoms with Crippen molar-refractivity contribution in [2.24, 2.45) is 5.73 Å². The number of amides is 8. The Bertz CT molecular complexity index is 2140. The smallest absolute Gasteiger partial charge is 0.335 e. The average Bonchev–Trinajstić information content (AvgIpc) is 3.37. The van der Waals surface area contributed by atoms with Gasteiger partial charge < -0.3 is 16.2 Å². The number of nitrogens with two attached hydrogens (primary N) is 1. The molecule has 2 aliphatic heterocycles. The largest absolute Gasteiger partial charge is 0.494 e. The van der Waals surface area contributed by atoms with Crippen LogP contribution in [0, 0.1) is 0 Å². The van der Waals surface area contributed by atoms with Gasteiger partial charge in [0.1, 0.15) is 11.1 Å². The normalized spacial score (nSPS) is 16.2. The summed E-state index contributed by atoms with van der Waals surface area (Å²) in [5, 5.41) is 14.8. The lowest BCUT2D eigenvalue weighted by Gasteiger charge is -2.26. The molecule has 0 unspecified atom stereocenters. The van der Waals surface area contributed by atoms with E-state index in [1.807, 2.05) is 5.32 Å². The van der Waals surface area contributed by atoms with E-state index in [0.29, 0.717) is 15.9 Å². The van der Waals surface area contributed by atoms with Gasteiger partial charge in [0.25, 0.3) is 17.4 Å². The molecule has 5 rings (SSSR count). The van der Waals surface area contributed by atoms with Crippen LogP contribution < -0.4 is 32.5 Å². The first-order valence-corrected chi connectivity index (χ1v) is 13.9. The van der Waals surface area contributed by atoms with Gasteiger partial charge in [0.05, 0.1) is 17.1 Å². The number of nitrogens with zero attached hydrogens (tertiary/aromatic N) is 3. The Balaban J connectivity index is 1.58. The molecule has 0 saturated carbocycles. The Morgan fingerprint density at radius 2 is 1.62 bits per heavy atom. The summed E-state index contributed by atoms with van der Waals surface area (Å²) < 4.78 is 0.663. The van der Waals surface area contributed by atoms with Crippen molar-refractivity contribution < 1.29 is 38.7 Å². The molecule has 3 aromatic rings. The fraction of sp³-hybridized carbons (Fsp3) is 0.0645. The van der Waals surface area contributed by atoms with Gasteiger partial charge in [-0.1, -0.05) is 12.1 Å². The van der Waals surface area contributed by atoms with Gasteiger partial charge in [0, 0.05) is 24.1 Å². The number of aromatic amines is 1. The summed E-state index contributed by atoms with van der Waals surface area (Å²) >= 11 is 0. The molecule has 48 heavy (non-hydrogen) atoms. The summed E-state index contributed by atoms with van der Waals surface area (Å²) in [7, 11) is 0. The number of carbonyl (C=O) groups excluding carboxylic acids is 7. The highest BCUT2D eigenvalue weighted by Crippen LogP contribution is 2.24. The van der Waals surface area contributed by atoms with Crippen LogP contribution in [0.25, 0.3) is 11.8 Å². The molecule has 2 fully saturated rings. The van der Waals surface area contributed by atoms with Gasteiger partial charge in [-0.15, -0.1) is 0 Å². The zero-order valence-corrected chi connectivity index (χ0v) is 24.5. The van der Waals surface area contributed by atoms with Crippen LogP contribution in [0.2, 0.25) is 0 Å². The molecule has 2 aromatic carbocycles. The van der Waals surface area contributed by atoms with Crippen LogP contribution in [0.4, 0.5) is 16.2 Å². The minimum Gasteiger partial charge on any atom is -0.494 e. The van der Waals surface area contributed by atoms with Crippen LogP contribution in [0.3, 0.4) is 0 Å². The number of H-pyrrole nitrogens is 1. The molecule has 0 bridgehead atoms. The number of urea groups is 1. The van der Waals surface area contributed by atoms with Crippen LogP contribution in [0.5, 0.6) is 5.88 Å². The number of allylic oxidation sites excluding steroid dienone is 3. The molecular weight excluding hydrogens is 630 g/mol. The van der Waals surface area contributed by atoms with Crippen molar-refractivity contribution in [1.82, 2.24) is 19.8 Å². The number of primary amides is 1. The summed E-state index contributed by atoms with van der Waals surface area (Å²) in [4.78, 5) is 116. The number of rotatable bonds is 9. The number of hydrogen-bond donors (Lipinski definition) is 5. The number of imide groups is 3. The third-order valence-corrected chi connectivity index (χ3v) is 7.09. The van der Waals surface area contributed by atoms with E-state index >= 15 is 0 Å². The fourth-order valence-corrected chi connectivity index (χ4v) is 4.84. The molecule has 2 aliphatic rings. The molecule has 242 valence electrons. The van der Waals surface area contributed by atoms with E-state index in [4.69, 9.17) is 5.73 Å². The quantitative estimate of drug-likeness (QED) is 0.0687. The number of hydrogen-bond acceptors (Lipinski definition) is 10. The maximum absolute atomic E-state index is 13.4. The molecule has 0 spiro atoms. The van der Waals surface area contributed by atoms with Crippen molar-refractivity contribution >= 4 is 59.4 Å². The molecule has 0 radical (unpaired) electrons. The van der Waals surface area contributed by atoms with Gasteiger partial charge in [-0.25, -0.2) is 19.1 Å². The topological polar surface area (TPSA) is 251 Å². The minimum absolute atomic E-state index is 0.0236. The monoisotopic (exact) mass is 653 g/mol. The first-order valence-electron chi connectivity index (χ1n) is 13.9. The molecule has 1 aromatic heterocycles. The first-order chi connectivity index (χ1) is 22.9. The van der Waals surface area contributed by atoms with Gasteiger partial charge in [0.15, 0.2) is 0 Å². The van der Waals surface area contributed by atoms with Gasteiger partial charge in [-0.3, -0.25) is 48.8 Å². The summed E-state index contributed by atoms with van der Waals surface area (Å²) in [5.74, 6) is -5.23. The SMILES string of the molecule is NC(=O)c1cccc(N2C(=O)NC(=O)C(=CC=C(C=Cc3c(O)[nH]c(=O)n(-c4cccc(NC=O)c4)c3=O)N3C(=O)CCC3=O)C2=O)c1. The number of aromatic hydroxyl groups is 1. The second-order valence-electron chi connectivity index (χ2n) is 10.1. The number of aromatic nitrogens is 2. The minimum atomic E-state index is -1.12. The van der Waals surface area contributed by atoms with Crippen LogP contribution in [-0.2, 0) is 24.0 Å². The number of likely N-dealkylation sites (tertiary alicyclic amines) is 1. The lowest BCUT2D eigenvalue weighted by Crippen LogP contribution is -2.54. The second kappa shape index (κ2) is 13.1. The zero-order chi connectivity index (χ0) is 34.7. The summed E-state index contributed by atoms with van der Waals surface area (Å²) in [5.41, 5.74) is 2.07. The van der Waals surface area contributed by atoms with Crippen molar-refractivity contribution in [3.05, 3.63) is 110 Å². The molecule has 3 heterocycles. The van der Waals surface area contributed by atoms with E-state index < -0.39 is 63.8 Å². The molecule has 6 N–H and O–H groups in total. The van der Waals surface area contributed by atoms with Crippen molar-refractivity contribution in [3.63, 3.8) is 0 Å². The molecule has 17 heteroatoms. The summed E-state index contributed by atoms with van der Waals surface area (Å²) in [6, 6.07) is 9.75. The Labute approximate surface area is 268 Å². The Kier molecular flexibility index (Phi) is 8.76. The second-order valence-corrected chi connectivity index (χ2v) is 10.1. The van der Waals surface area contributed by atoms with Crippen molar-refractivity contribution in [3.8, 4) is 11.6 Å². The number of benzene rings is 2. The maximum Gasteiger partial charge on any atom is 0.335 e. The molecule has 0 aliphatic carbocycles. The van der Waals surface area contributed by atoms with E-state index in [-0.39, 0.29) is 41.2 Å². The fourth-order valence-electron chi connectivity index (χ4n) is 4.84. The first kappa shape index (κ1) is 32.2. The van der Waals surface area contributed by atoms with Crippen LogP contribution in [0.15, 0.2) is 87.6 Å². The molecule has 2 saturated heterocycles. The van der Waals surface area contributed by atoms with Crippen molar-refractivity contribution in [2.45, 2.75) is 12.8 Å².